The van der Waals surface area contributed by atoms with Crippen molar-refractivity contribution in [2.24, 2.45) is 4.99 Å². The van der Waals surface area contributed by atoms with E-state index >= 15 is 0 Å². The number of hydrogen-bond donors (Lipinski definition) is 1. The molecule has 0 saturated carbocycles. The van der Waals surface area contributed by atoms with E-state index in [4.69, 9.17) is 0 Å². The molecule has 0 bridgehead atoms. The molecule has 3 nitrogen and oxygen atoms in total. The van der Waals surface area contributed by atoms with E-state index in [9.17, 15) is 9.90 Å². The van der Waals surface area contributed by atoms with Crippen LogP contribution in [-0.2, 0) is 4.79 Å². The summed E-state index contributed by atoms with van der Waals surface area (Å²) in [6.07, 6.45) is -1.03. The van der Waals surface area contributed by atoms with Crippen LogP contribution in [0.4, 0.5) is 5.69 Å². The number of hydrogen-bond acceptors (Lipinski definition) is 3. The summed E-state index contributed by atoms with van der Waals surface area (Å²) in [5, 5.41) is 9.57. The molecule has 0 amide bonds. The molecular weight excluding hydrogens is 166 g/mol. The Hall–Kier alpha value is -1.48. The molecule has 0 radical (unpaired) electrons. The highest BCUT2D eigenvalue weighted by Crippen LogP contribution is 2.30. The summed E-state index contributed by atoms with van der Waals surface area (Å²) in [4.78, 5) is 15.4. The van der Waals surface area contributed by atoms with E-state index in [0.29, 0.717) is 17.0 Å². The highest BCUT2D eigenvalue weighted by Gasteiger charge is 2.26. The van der Waals surface area contributed by atoms with Crippen LogP contribution >= 0.6 is 0 Å². The minimum Gasteiger partial charge on any atom is -0.380 e. The molecule has 1 unspecified atom stereocenters. The zero-order valence-electron chi connectivity index (χ0n) is 7.19. The molecule has 1 N–H and O–H groups in total. The molecule has 1 aromatic carbocycles. The summed E-state index contributed by atoms with van der Waals surface area (Å²) >= 11 is 0. The van der Waals surface area contributed by atoms with Crippen molar-refractivity contribution in [1.29, 1.82) is 0 Å². The molecule has 13 heavy (non-hydrogen) atoms. The monoisotopic (exact) mass is 175 g/mol. The highest BCUT2D eigenvalue weighted by atomic mass is 16.3. The first-order chi connectivity index (χ1) is 6.20. The lowest BCUT2D eigenvalue weighted by molar-refractivity contribution is -0.120. The van der Waals surface area contributed by atoms with Crippen LogP contribution in [0.3, 0.4) is 0 Å². The summed E-state index contributed by atoms with van der Waals surface area (Å²) in [5.74, 6) is -0.307. The SMILES string of the molecule is CC1=Nc2ccccc2C(O)C1=O. The maximum Gasteiger partial charge on any atom is 0.209 e. The fourth-order valence-corrected chi connectivity index (χ4v) is 1.40. The molecule has 3 heteroatoms. The number of Topliss-reactive ketones (excluding diaryl/α,β-unsaturated/α-hetero) is 1. The van der Waals surface area contributed by atoms with Crippen LogP contribution in [0.15, 0.2) is 29.3 Å². The van der Waals surface area contributed by atoms with Gasteiger partial charge in [0, 0.05) is 5.56 Å². The van der Waals surface area contributed by atoms with Gasteiger partial charge >= 0.3 is 0 Å². The van der Waals surface area contributed by atoms with Crippen molar-refractivity contribution in [1.82, 2.24) is 0 Å². The highest BCUT2D eigenvalue weighted by molar-refractivity contribution is 6.41. The minimum atomic E-state index is -1.03. The van der Waals surface area contributed by atoms with Crippen molar-refractivity contribution < 1.29 is 9.90 Å². The van der Waals surface area contributed by atoms with Gasteiger partial charge in [-0.05, 0) is 13.0 Å². The normalized spacial score (nSPS) is 20.9. The van der Waals surface area contributed by atoms with Crippen molar-refractivity contribution in [2.45, 2.75) is 13.0 Å². The maximum absolute atomic E-state index is 11.3. The van der Waals surface area contributed by atoms with Gasteiger partial charge in [-0.1, -0.05) is 18.2 Å². The van der Waals surface area contributed by atoms with E-state index in [0.717, 1.165) is 0 Å². The average molecular weight is 175 g/mol. The molecule has 66 valence electrons. The Balaban J connectivity index is 2.63. The van der Waals surface area contributed by atoms with Gasteiger partial charge in [0.1, 0.15) is 6.10 Å². The number of aliphatic imine (C=N–C) groups is 1. The quantitative estimate of drug-likeness (QED) is 0.647. The number of fused-ring (bicyclic) bond motifs is 1. The first-order valence-electron chi connectivity index (χ1n) is 4.06. The van der Waals surface area contributed by atoms with E-state index in [1.807, 2.05) is 6.07 Å². The zero-order chi connectivity index (χ0) is 9.42. The Morgan fingerprint density at radius 2 is 2.08 bits per heavy atom. The number of carbonyl (C=O) groups excluding carboxylic acids is 1. The van der Waals surface area contributed by atoms with Gasteiger partial charge in [0.05, 0.1) is 11.4 Å². The number of benzene rings is 1. The summed E-state index contributed by atoms with van der Waals surface area (Å²) in [6.45, 7) is 1.61. The van der Waals surface area contributed by atoms with Crippen LogP contribution in [0.5, 0.6) is 0 Å². The number of ketones is 1. The lowest BCUT2D eigenvalue weighted by Crippen LogP contribution is -2.22. The van der Waals surface area contributed by atoms with E-state index in [-0.39, 0.29) is 5.78 Å². The average Bonchev–Trinajstić information content (AvgIpc) is 2.15. The van der Waals surface area contributed by atoms with Gasteiger partial charge in [-0.2, -0.15) is 0 Å². The van der Waals surface area contributed by atoms with Crippen LogP contribution in [-0.4, -0.2) is 16.6 Å². The summed E-state index contributed by atoms with van der Waals surface area (Å²) in [5.41, 5.74) is 1.65. The summed E-state index contributed by atoms with van der Waals surface area (Å²) in [6, 6.07) is 7.12. The lowest BCUT2D eigenvalue weighted by atomic mass is 9.98. The molecule has 1 aliphatic heterocycles. The van der Waals surface area contributed by atoms with Crippen LogP contribution < -0.4 is 0 Å². The minimum absolute atomic E-state index is 0.307. The Morgan fingerprint density at radius 3 is 2.85 bits per heavy atom. The van der Waals surface area contributed by atoms with Gasteiger partial charge in [0.25, 0.3) is 0 Å². The topological polar surface area (TPSA) is 49.7 Å². The molecule has 1 heterocycles. The predicted octanol–water partition coefficient (Wildman–Crippen LogP) is 1.40. The number of carbonyl (C=O) groups is 1. The molecule has 1 aromatic rings. The van der Waals surface area contributed by atoms with Crippen molar-refractivity contribution in [2.75, 3.05) is 0 Å². The number of aliphatic hydroxyl groups is 1. The molecule has 1 atom stereocenters. The lowest BCUT2D eigenvalue weighted by Gasteiger charge is -2.17. The summed E-state index contributed by atoms with van der Waals surface area (Å²) in [7, 11) is 0. The van der Waals surface area contributed by atoms with E-state index in [1.165, 1.54) is 0 Å². The maximum atomic E-state index is 11.3. The van der Waals surface area contributed by atoms with Gasteiger partial charge in [0.2, 0.25) is 5.78 Å². The summed E-state index contributed by atoms with van der Waals surface area (Å²) < 4.78 is 0. The van der Waals surface area contributed by atoms with Gasteiger partial charge < -0.3 is 5.11 Å². The Labute approximate surface area is 75.7 Å². The van der Waals surface area contributed by atoms with Crippen molar-refractivity contribution >= 4 is 17.2 Å². The second-order valence-electron chi connectivity index (χ2n) is 3.02. The molecule has 0 saturated heterocycles. The fourth-order valence-electron chi connectivity index (χ4n) is 1.40. The van der Waals surface area contributed by atoms with E-state index in [2.05, 4.69) is 4.99 Å². The van der Waals surface area contributed by atoms with Crippen LogP contribution in [0.1, 0.15) is 18.6 Å². The molecule has 0 spiro atoms. The third-order valence-electron chi connectivity index (χ3n) is 2.12. The fraction of sp³-hybridized carbons (Fsp3) is 0.200. The van der Waals surface area contributed by atoms with Gasteiger partial charge in [-0.25, -0.2) is 4.99 Å². The molecule has 0 aromatic heterocycles. The number of para-hydroxylation sites is 1. The van der Waals surface area contributed by atoms with Crippen molar-refractivity contribution in [3.8, 4) is 0 Å². The zero-order valence-corrected chi connectivity index (χ0v) is 7.19. The Bertz CT molecular complexity index is 396. The Morgan fingerprint density at radius 1 is 1.38 bits per heavy atom. The van der Waals surface area contributed by atoms with Gasteiger partial charge in [-0.3, -0.25) is 4.79 Å². The number of aliphatic hydroxyl groups excluding tert-OH is 1. The number of nitrogens with zero attached hydrogens (tertiary/aromatic N) is 1. The number of rotatable bonds is 0. The molecule has 2 rings (SSSR count). The molecular formula is C10H9NO2. The molecule has 0 aliphatic carbocycles. The van der Waals surface area contributed by atoms with Crippen molar-refractivity contribution in [3.05, 3.63) is 29.8 Å². The standard InChI is InChI=1S/C10H9NO2/c1-6-9(12)10(13)7-4-2-3-5-8(7)11-6/h2-5,10,13H,1H3. The Kier molecular flexibility index (Phi) is 1.74. The predicted molar refractivity (Wildman–Crippen MR) is 49.2 cm³/mol. The third kappa shape index (κ3) is 1.17. The molecule has 1 aliphatic rings. The van der Waals surface area contributed by atoms with E-state index < -0.39 is 6.10 Å². The second kappa shape index (κ2) is 2.78. The van der Waals surface area contributed by atoms with Crippen LogP contribution in [0.25, 0.3) is 0 Å². The smallest absolute Gasteiger partial charge is 0.209 e. The third-order valence-corrected chi connectivity index (χ3v) is 2.12. The van der Waals surface area contributed by atoms with Gasteiger partial charge in [-0.15, -0.1) is 0 Å². The molecule has 0 fully saturated rings. The van der Waals surface area contributed by atoms with Crippen molar-refractivity contribution in [3.63, 3.8) is 0 Å². The van der Waals surface area contributed by atoms with Gasteiger partial charge in [0.15, 0.2) is 0 Å². The van der Waals surface area contributed by atoms with Crippen LogP contribution in [0.2, 0.25) is 0 Å². The largest absolute Gasteiger partial charge is 0.380 e. The van der Waals surface area contributed by atoms with E-state index in [1.54, 1.807) is 25.1 Å². The first-order valence-corrected chi connectivity index (χ1v) is 4.06. The van der Waals surface area contributed by atoms with Crippen LogP contribution in [0, 0.1) is 0 Å². The first kappa shape index (κ1) is 8.13. The second-order valence-corrected chi connectivity index (χ2v) is 3.02.